The van der Waals surface area contributed by atoms with Crippen LogP contribution in [-0.2, 0) is 6.54 Å². The Hall–Kier alpha value is -1.46. The molecule has 0 bridgehead atoms. The van der Waals surface area contributed by atoms with Crippen molar-refractivity contribution in [2.45, 2.75) is 13.0 Å². The number of amides is 2. The van der Waals surface area contributed by atoms with E-state index in [-0.39, 0.29) is 12.6 Å². The van der Waals surface area contributed by atoms with Gasteiger partial charge in [-0.2, -0.15) is 0 Å². The second-order valence-electron chi connectivity index (χ2n) is 5.16. The lowest BCUT2D eigenvalue weighted by Crippen LogP contribution is -2.35. The zero-order valence-electron chi connectivity index (χ0n) is 12.8. The van der Waals surface area contributed by atoms with Gasteiger partial charge < -0.3 is 15.3 Å². The molecule has 0 fully saturated rings. The average molecular weight is 388 g/mol. The van der Waals surface area contributed by atoms with E-state index in [0.717, 1.165) is 5.56 Å². The Morgan fingerprint density at radius 3 is 2.46 bits per heavy atom. The topological polar surface area (TPSA) is 52.6 Å². The highest BCUT2D eigenvalue weighted by atomic mass is 35.5. The quantitative estimate of drug-likeness (QED) is 0.727. The van der Waals surface area contributed by atoms with Gasteiger partial charge in [0.05, 0.1) is 20.8 Å². The predicted octanol–water partition coefficient (Wildman–Crippen LogP) is 5.06. The zero-order chi connectivity index (χ0) is 17.5. The molecule has 7 heteroatoms. The number of benzene rings is 2. The molecule has 2 aromatic carbocycles. The molecular weight excluding hydrogens is 371 g/mol. The van der Waals surface area contributed by atoms with Crippen molar-refractivity contribution in [2.75, 3.05) is 18.5 Å². The molecule has 2 rings (SSSR count). The fourth-order valence-corrected chi connectivity index (χ4v) is 2.63. The molecule has 0 aliphatic carbocycles. The number of halogens is 3. The lowest BCUT2D eigenvalue weighted by atomic mass is 10.2. The molecule has 0 spiro atoms. The molecule has 2 amide bonds. The number of nitrogens with one attached hydrogen (secondary N) is 1. The number of aliphatic hydroxyl groups is 1. The van der Waals surface area contributed by atoms with Crippen LogP contribution < -0.4 is 5.32 Å². The van der Waals surface area contributed by atoms with E-state index in [1.807, 2.05) is 6.07 Å². The zero-order valence-corrected chi connectivity index (χ0v) is 15.1. The van der Waals surface area contributed by atoms with Gasteiger partial charge in [-0.05, 0) is 36.2 Å². The number of rotatable bonds is 6. The summed E-state index contributed by atoms with van der Waals surface area (Å²) in [5.74, 6) is 0. The van der Waals surface area contributed by atoms with Crippen LogP contribution in [0, 0.1) is 0 Å². The van der Waals surface area contributed by atoms with Crippen LogP contribution in [0.1, 0.15) is 12.0 Å². The van der Waals surface area contributed by atoms with Crippen LogP contribution >= 0.6 is 34.8 Å². The molecule has 0 unspecified atom stereocenters. The molecule has 2 aromatic rings. The number of anilines is 1. The van der Waals surface area contributed by atoms with Crippen LogP contribution in [0.4, 0.5) is 10.5 Å². The van der Waals surface area contributed by atoms with Crippen molar-refractivity contribution >= 4 is 46.5 Å². The normalized spacial score (nSPS) is 10.5. The number of nitrogens with zero attached hydrogens (tertiary/aromatic N) is 1. The van der Waals surface area contributed by atoms with E-state index >= 15 is 0 Å². The van der Waals surface area contributed by atoms with E-state index in [9.17, 15) is 4.79 Å². The Bertz CT molecular complexity index is 710. The standard InChI is InChI=1S/C17H17Cl3N2O2/c18-13-7-6-12(10-15(13)20)11-22(8-3-9-23)17(24)21-16-5-2-1-4-14(16)19/h1-2,4-7,10,23H,3,8-9,11H2,(H,21,24). The minimum atomic E-state index is -0.303. The van der Waals surface area contributed by atoms with Gasteiger partial charge in [-0.3, -0.25) is 0 Å². The molecule has 24 heavy (non-hydrogen) atoms. The number of hydrogen-bond donors (Lipinski definition) is 2. The third-order valence-electron chi connectivity index (χ3n) is 3.35. The van der Waals surface area contributed by atoms with Crippen LogP contribution in [0.25, 0.3) is 0 Å². The lowest BCUT2D eigenvalue weighted by Gasteiger charge is -2.23. The van der Waals surface area contributed by atoms with Gasteiger partial charge in [-0.25, -0.2) is 4.79 Å². The third-order valence-corrected chi connectivity index (χ3v) is 4.41. The first-order chi connectivity index (χ1) is 11.5. The summed E-state index contributed by atoms with van der Waals surface area (Å²) >= 11 is 18.0. The summed E-state index contributed by atoms with van der Waals surface area (Å²) in [6.07, 6.45) is 0.470. The van der Waals surface area contributed by atoms with Crippen molar-refractivity contribution < 1.29 is 9.90 Å². The molecule has 0 atom stereocenters. The lowest BCUT2D eigenvalue weighted by molar-refractivity contribution is 0.199. The molecule has 2 N–H and O–H groups in total. The van der Waals surface area contributed by atoms with Crippen molar-refractivity contribution in [3.05, 3.63) is 63.1 Å². The summed E-state index contributed by atoms with van der Waals surface area (Å²) < 4.78 is 0. The second-order valence-corrected chi connectivity index (χ2v) is 6.38. The van der Waals surface area contributed by atoms with E-state index in [4.69, 9.17) is 39.9 Å². The summed E-state index contributed by atoms with van der Waals surface area (Å²) in [7, 11) is 0. The van der Waals surface area contributed by atoms with Crippen LogP contribution in [0.3, 0.4) is 0 Å². The number of para-hydroxylation sites is 1. The third kappa shape index (κ3) is 5.28. The number of hydrogen-bond acceptors (Lipinski definition) is 2. The van der Waals surface area contributed by atoms with Gasteiger partial charge >= 0.3 is 6.03 Å². The first-order valence-corrected chi connectivity index (χ1v) is 8.50. The van der Waals surface area contributed by atoms with Crippen molar-refractivity contribution in [1.29, 1.82) is 0 Å². The SMILES string of the molecule is O=C(Nc1ccccc1Cl)N(CCCO)Cc1ccc(Cl)c(Cl)c1. The van der Waals surface area contributed by atoms with E-state index in [0.29, 0.717) is 40.3 Å². The van der Waals surface area contributed by atoms with E-state index in [2.05, 4.69) is 5.32 Å². The van der Waals surface area contributed by atoms with E-state index in [1.165, 1.54) is 0 Å². The Morgan fingerprint density at radius 2 is 1.79 bits per heavy atom. The molecule has 0 saturated carbocycles. The van der Waals surface area contributed by atoms with Crippen molar-refractivity contribution in [3.63, 3.8) is 0 Å². The first-order valence-electron chi connectivity index (χ1n) is 7.36. The highest BCUT2D eigenvalue weighted by Crippen LogP contribution is 2.24. The fraction of sp³-hybridized carbons (Fsp3) is 0.235. The maximum Gasteiger partial charge on any atom is 0.322 e. The van der Waals surface area contributed by atoms with E-state index in [1.54, 1.807) is 41.3 Å². The van der Waals surface area contributed by atoms with Gasteiger partial charge in [-0.15, -0.1) is 0 Å². The maximum atomic E-state index is 12.5. The van der Waals surface area contributed by atoms with Gasteiger partial charge in [0.15, 0.2) is 0 Å². The Morgan fingerprint density at radius 1 is 1.04 bits per heavy atom. The molecular formula is C17H17Cl3N2O2. The Kier molecular flexibility index (Phi) is 7.18. The van der Waals surface area contributed by atoms with Crippen LogP contribution in [0.15, 0.2) is 42.5 Å². The predicted molar refractivity (Wildman–Crippen MR) is 99.0 cm³/mol. The fourth-order valence-electron chi connectivity index (χ4n) is 2.13. The number of carbonyl (C=O) groups excluding carboxylic acids is 1. The average Bonchev–Trinajstić information content (AvgIpc) is 2.56. The monoisotopic (exact) mass is 386 g/mol. The van der Waals surface area contributed by atoms with Crippen LogP contribution in [-0.4, -0.2) is 29.2 Å². The molecule has 128 valence electrons. The highest BCUT2D eigenvalue weighted by molar-refractivity contribution is 6.42. The Labute approximate surface area is 155 Å². The van der Waals surface area contributed by atoms with Gasteiger partial charge in [0, 0.05) is 19.7 Å². The summed E-state index contributed by atoms with van der Waals surface area (Å²) in [4.78, 5) is 14.1. The smallest absolute Gasteiger partial charge is 0.322 e. The highest BCUT2D eigenvalue weighted by Gasteiger charge is 2.15. The van der Waals surface area contributed by atoms with Crippen molar-refractivity contribution in [2.24, 2.45) is 0 Å². The molecule has 0 heterocycles. The summed E-state index contributed by atoms with van der Waals surface area (Å²) in [6.45, 7) is 0.734. The Balaban J connectivity index is 2.13. The van der Waals surface area contributed by atoms with Gasteiger partial charge in [0.25, 0.3) is 0 Å². The summed E-state index contributed by atoms with van der Waals surface area (Å²) in [5, 5.41) is 13.2. The molecule has 4 nitrogen and oxygen atoms in total. The summed E-state index contributed by atoms with van der Waals surface area (Å²) in [6, 6.07) is 11.9. The molecule has 0 aliphatic rings. The van der Waals surface area contributed by atoms with Crippen LogP contribution in [0.5, 0.6) is 0 Å². The van der Waals surface area contributed by atoms with Crippen molar-refractivity contribution in [1.82, 2.24) is 4.90 Å². The summed E-state index contributed by atoms with van der Waals surface area (Å²) in [5.41, 5.74) is 1.38. The minimum Gasteiger partial charge on any atom is -0.396 e. The molecule has 0 radical (unpaired) electrons. The number of urea groups is 1. The molecule has 0 aliphatic heterocycles. The maximum absolute atomic E-state index is 12.5. The molecule has 0 aromatic heterocycles. The van der Waals surface area contributed by atoms with Gasteiger partial charge in [-0.1, -0.05) is 53.0 Å². The van der Waals surface area contributed by atoms with Gasteiger partial charge in [0.1, 0.15) is 0 Å². The second kappa shape index (κ2) is 9.14. The first kappa shape index (κ1) is 18.9. The van der Waals surface area contributed by atoms with Crippen molar-refractivity contribution in [3.8, 4) is 0 Å². The van der Waals surface area contributed by atoms with E-state index < -0.39 is 0 Å². The van der Waals surface area contributed by atoms with Crippen LogP contribution in [0.2, 0.25) is 15.1 Å². The number of carbonyl (C=O) groups is 1. The number of aliphatic hydroxyl groups excluding tert-OH is 1. The van der Waals surface area contributed by atoms with Gasteiger partial charge in [0.2, 0.25) is 0 Å². The minimum absolute atomic E-state index is 0.00273. The largest absolute Gasteiger partial charge is 0.396 e. The molecule has 0 saturated heterocycles.